The number of hydrogen-bond acceptors (Lipinski definition) is 3. The summed E-state index contributed by atoms with van der Waals surface area (Å²) in [6, 6.07) is 8.84. The molecule has 0 aromatic heterocycles. The maximum Gasteiger partial charge on any atom is 0.227 e. The molecule has 0 N–H and O–H groups in total. The molecule has 2 fully saturated rings. The van der Waals surface area contributed by atoms with Gasteiger partial charge in [-0.05, 0) is 56.5 Å². The molecule has 0 aliphatic carbocycles. The summed E-state index contributed by atoms with van der Waals surface area (Å²) in [4.78, 5) is 17.5. The van der Waals surface area contributed by atoms with Gasteiger partial charge in [-0.25, -0.2) is 0 Å². The number of ether oxygens (including phenoxy) is 1. The third-order valence-electron chi connectivity index (χ3n) is 5.40. The standard InChI is InChI=1S/C19H28N2O2/c1-3-20-12-4-6-17(20)18-7-5-13-21(18)19(22)14-15-8-10-16(23-2)11-9-15/h8-11,17-18H,3-7,12-14H2,1-2H3/t17-,18+/m0/s1. The Morgan fingerprint density at radius 1 is 1.13 bits per heavy atom. The van der Waals surface area contributed by atoms with Crippen molar-refractivity contribution in [1.82, 2.24) is 9.80 Å². The molecule has 0 spiro atoms. The number of carbonyl (C=O) groups excluding carboxylic acids is 1. The lowest BCUT2D eigenvalue weighted by atomic mass is 10.0. The molecule has 0 saturated carbocycles. The van der Waals surface area contributed by atoms with Crippen LogP contribution in [0.5, 0.6) is 5.75 Å². The fourth-order valence-electron chi connectivity index (χ4n) is 4.20. The van der Waals surface area contributed by atoms with Gasteiger partial charge in [-0.3, -0.25) is 9.69 Å². The van der Waals surface area contributed by atoms with E-state index in [0.717, 1.165) is 37.2 Å². The van der Waals surface area contributed by atoms with Gasteiger partial charge < -0.3 is 9.64 Å². The number of carbonyl (C=O) groups is 1. The van der Waals surface area contributed by atoms with Crippen LogP contribution in [0.2, 0.25) is 0 Å². The Labute approximate surface area is 139 Å². The Morgan fingerprint density at radius 3 is 2.52 bits per heavy atom. The second-order valence-electron chi connectivity index (χ2n) is 6.66. The van der Waals surface area contributed by atoms with Crippen molar-refractivity contribution in [2.24, 2.45) is 0 Å². The van der Waals surface area contributed by atoms with Crippen molar-refractivity contribution >= 4 is 5.91 Å². The van der Waals surface area contributed by atoms with Crippen LogP contribution in [0.1, 0.15) is 38.2 Å². The Kier molecular flexibility index (Phi) is 5.21. The smallest absolute Gasteiger partial charge is 0.227 e. The molecule has 2 heterocycles. The quantitative estimate of drug-likeness (QED) is 0.837. The summed E-state index contributed by atoms with van der Waals surface area (Å²) in [5.41, 5.74) is 1.07. The molecular formula is C19H28N2O2. The summed E-state index contributed by atoms with van der Waals surface area (Å²) in [7, 11) is 1.66. The summed E-state index contributed by atoms with van der Waals surface area (Å²) in [6.07, 6.45) is 5.32. The molecule has 3 rings (SSSR count). The first-order valence-electron chi connectivity index (χ1n) is 8.89. The van der Waals surface area contributed by atoms with Crippen molar-refractivity contribution in [1.29, 1.82) is 0 Å². The molecule has 0 unspecified atom stereocenters. The number of methoxy groups -OCH3 is 1. The molecule has 1 aromatic carbocycles. The largest absolute Gasteiger partial charge is 0.497 e. The second kappa shape index (κ2) is 7.35. The van der Waals surface area contributed by atoms with Crippen LogP contribution < -0.4 is 4.74 Å². The van der Waals surface area contributed by atoms with E-state index in [1.807, 2.05) is 24.3 Å². The highest BCUT2D eigenvalue weighted by molar-refractivity contribution is 5.79. The molecule has 1 amide bonds. The van der Waals surface area contributed by atoms with Gasteiger partial charge in [0.2, 0.25) is 5.91 Å². The van der Waals surface area contributed by atoms with E-state index in [1.165, 1.54) is 19.4 Å². The summed E-state index contributed by atoms with van der Waals surface area (Å²) in [5, 5.41) is 0. The van der Waals surface area contributed by atoms with Crippen molar-refractivity contribution < 1.29 is 9.53 Å². The molecule has 0 bridgehead atoms. The van der Waals surface area contributed by atoms with Crippen LogP contribution >= 0.6 is 0 Å². The summed E-state index contributed by atoms with van der Waals surface area (Å²) in [6.45, 7) is 5.45. The van der Waals surface area contributed by atoms with E-state index in [1.54, 1.807) is 7.11 Å². The van der Waals surface area contributed by atoms with Crippen molar-refractivity contribution in [3.05, 3.63) is 29.8 Å². The van der Waals surface area contributed by atoms with Crippen LogP contribution in [0.4, 0.5) is 0 Å². The topological polar surface area (TPSA) is 32.8 Å². The highest BCUT2D eigenvalue weighted by atomic mass is 16.5. The maximum atomic E-state index is 12.8. The van der Waals surface area contributed by atoms with Gasteiger partial charge in [0, 0.05) is 18.6 Å². The molecule has 2 saturated heterocycles. The Hall–Kier alpha value is -1.55. The second-order valence-corrected chi connectivity index (χ2v) is 6.66. The lowest BCUT2D eigenvalue weighted by Gasteiger charge is -2.34. The fourth-order valence-corrected chi connectivity index (χ4v) is 4.20. The fraction of sp³-hybridized carbons (Fsp3) is 0.632. The monoisotopic (exact) mass is 316 g/mol. The Bertz CT molecular complexity index is 529. The van der Waals surface area contributed by atoms with E-state index >= 15 is 0 Å². The van der Waals surface area contributed by atoms with E-state index in [0.29, 0.717) is 18.5 Å². The molecule has 1 aromatic rings. The lowest BCUT2D eigenvalue weighted by Crippen LogP contribution is -2.48. The minimum absolute atomic E-state index is 0.278. The van der Waals surface area contributed by atoms with Crippen LogP contribution in [-0.2, 0) is 11.2 Å². The van der Waals surface area contributed by atoms with Gasteiger partial charge in [-0.15, -0.1) is 0 Å². The van der Waals surface area contributed by atoms with Gasteiger partial charge in [0.25, 0.3) is 0 Å². The molecular weight excluding hydrogens is 288 g/mol. The molecule has 126 valence electrons. The van der Waals surface area contributed by atoms with Gasteiger partial charge in [0.05, 0.1) is 13.5 Å². The maximum absolute atomic E-state index is 12.8. The Balaban J connectivity index is 1.65. The van der Waals surface area contributed by atoms with Gasteiger partial charge in [-0.2, -0.15) is 0 Å². The van der Waals surface area contributed by atoms with Crippen molar-refractivity contribution in [2.45, 2.75) is 51.1 Å². The highest BCUT2D eigenvalue weighted by Crippen LogP contribution is 2.30. The van der Waals surface area contributed by atoms with E-state index in [-0.39, 0.29) is 5.91 Å². The van der Waals surface area contributed by atoms with E-state index in [4.69, 9.17) is 4.74 Å². The first-order valence-corrected chi connectivity index (χ1v) is 8.89. The molecule has 4 heteroatoms. The average molecular weight is 316 g/mol. The first-order chi connectivity index (χ1) is 11.2. The van der Waals surface area contributed by atoms with Crippen molar-refractivity contribution in [3.8, 4) is 5.75 Å². The predicted octanol–water partition coefficient (Wildman–Crippen LogP) is 2.71. The molecule has 0 radical (unpaired) electrons. The van der Waals surface area contributed by atoms with E-state index in [2.05, 4.69) is 16.7 Å². The predicted molar refractivity (Wildman–Crippen MR) is 91.7 cm³/mol. The summed E-state index contributed by atoms with van der Waals surface area (Å²) < 4.78 is 5.18. The number of hydrogen-bond donors (Lipinski definition) is 0. The number of benzene rings is 1. The van der Waals surface area contributed by atoms with Gasteiger partial charge in [0.15, 0.2) is 0 Å². The SMILES string of the molecule is CCN1CCC[C@H]1[C@H]1CCCN1C(=O)Cc1ccc(OC)cc1. The molecule has 2 aliphatic heterocycles. The third kappa shape index (κ3) is 3.52. The molecule has 23 heavy (non-hydrogen) atoms. The number of rotatable bonds is 5. The van der Waals surface area contributed by atoms with Crippen LogP contribution in [-0.4, -0.2) is 54.5 Å². The zero-order valence-corrected chi connectivity index (χ0v) is 14.3. The van der Waals surface area contributed by atoms with Crippen molar-refractivity contribution in [3.63, 3.8) is 0 Å². The molecule has 4 nitrogen and oxygen atoms in total. The normalized spacial score (nSPS) is 25.0. The van der Waals surface area contributed by atoms with Crippen LogP contribution in [0.3, 0.4) is 0 Å². The van der Waals surface area contributed by atoms with E-state index < -0.39 is 0 Å². The van der Waals surface area contributed by atoms with Gasteiger partial charge in [0.1, 0.15) is 5.75 Å². The third-order valence-corrected chi connectivity index (χ3v) is 5.40. The van der Waals surface area contributed by atoms with Crippen LogP contribution in [0.15, 0.2) is 24.3 Å². The summed E-state index contributed by atoms with van der Waals surface area (Å²) >= 11 is 0. The minimum atomic E-state index is 0.278. The average Bonchev–Trinajstić information content (AvgIpc) is 3.23. The zero-order valence-electron chi connectivity index (χ0n) is 14.3. The summed E-state index contributed by atoms with van der Waals surface area (Å²) in [5.74, 6) is 1.12. The number of amides is 1. The van der Waals surface area contributed by atoms with E-state index in [9.17, 15) is 4.79 Å². The Morgan fingerprint density at radius 2 is 1.83 bits per heavy atom. The minimum Gasteiger partial charge on any atom is -0.497 e. The van der Waals surface area contributed by atoms with Crippen molar-refractivity contribution in [2.75, 3.05) is 26.7 Å². The number of nitrogens with zero attached hydrogens (tertiary/aromatic N) is 2. The van der Waals surface area contributed by atoms with Gasteiger partial charge >= 0.3 is 0 Å². The van der Waals surface area contributed by atoms with Crippen LogP contribution in [0, 0.1) is 0 Å². The van der Waals surface area contributed by atoms with Gasteiger partial charge in [-0.1, -0.05) is 19.1 Å². The van der Waals surface area contributed by atoms with Crippen LogP contribution in [0.25, 0.3) is 0 Å². The zero-order chi connectivity index (χ0) is 16.2. The highest BCUT2D eigenvalue weighted by Gasteiger charge is 2.38. The molecule has 2 atom stereocenters. The lowest BCUT2D eigenvalue weighted by molar-refractivity contribution is -0.132. The molecule has 2 aliphatic rings. The first kappa shape index (κ1) is 16.3. The number of likely N-dealkylation sites (N-methyl/N-ethyl adjacent to an activating group) is 1. The number of likely N-dealkylation sites (tertiary alicyclic amines) is 2.